The molecule has 0 bridgehead atoms. The van der Waals surface area contributed by atoms with Crippen LogP contribution in [0.1, 0.15) is 78.2 Å². The van der Waals surface area contributed by atoms with Gasteiger partial charge in [-0.1, -0.05) is 34.1 Å². The molecule has 0 atom stereocenters. The summed E-state index contributed by atoms with van der Waals surface area (Å²) >= 11 is 12.7. The van der Waals surface area contributed by atoms with Crippen LogP contribution in [0.5, 0.6) is 17.2 Å². The molecule has 3 aliphatic rings. The molecule has 1 N–H and O–H groups in total. The average molecular weight is 907 g/mol. The molecule has 0 aromatic heterocycles. The Kier molecular flexibility index (Phi) is 22.9. The van der Waals surface area contributed by atoms with Crippen LogP contribution in [0.3, 0.4) is 0 Å². The second-order valence-corrected chi connectivity index (χ2v) is 17.4. The van der Waals surface area contributed by atoms with Crippen molar-refractivity contribution in [3.8, 4) is 17.2 Å². The molecule has 0 radical (unpaired) electrons. The Balaban J connectivity index is 0.000000528. The fourth-order valence-corrected chi connectivity index (χ4v) is 4.29. The monoisotopic (exact) mass is 902 g/mol. The SMILES string of the molecule is BrB(Br)Br.COc1ccc(Br)cc1C.COc1ccc(C2CC2)c(C)c1.Cc1cc(C2CC2)ccc1O.[Br-].[CH-]1CC1.[Mg+2]. The fourth-order valence-electron chi connectivity index (χ4n) is 3.82. The van der Waals surface area contributed by atoms with Gasteiger partial charge in [-0.3, -0.25) is 0 Å². The molecule has 0 saturated heterocycles. The number of phenols is 1. The number of benzene rings is 3. The Hall–Kier alpha value is 0.291. The maximum Gasteiger partial charge on any atom is 2.00 e. The van der Waals surface area contributed by atoms with Gasteiger partial charge in [-0.15, -0.1) is 47.3 Å². The van der Waals surface area contributed by atoms with Gasteiger partial charge < -0.3 is 38.0 Å². The number of hydrogen-bond acceptors (Lipinski definition) is 3. The molecule has 3 aromatic carbocycles. The van der Waals surface area contributed by atoms with E-state index in [0.29, 0.717) is 5.75 Å². The largest absolute Gasteiger partial charge is 2.00 e. The molecule has 226 valence electrons. The zero-order valence-corrected chi connectivity index (χ0v) is 34.5. The molecule has 0 spiro atoms. The minimum absolute atomic E-state index is 0. The van der Waals surface area contributed by atoms with Gasteiger partial charge in [0, 0.05) is 4.47 Å². The molecule has 3 aliphatic carbocycles. The molecule has 42 heavy (non-hydrogen) atoms. The van der Waals surface area contributed by atoms with Crippen molar-refractivity contribution in [3.63, 3.8) is 0 Å². The number of phenolic OH excluding ortho intramolecular Hbond substituents is 1. The van der Waals surface area contributed by atoms with Crippen LogP contribution in [0.15, 0.2) is 59.1 Å². The van der Waals surface area contributed by atoms with Crippen molar-refractivity contribution in [1.82, 2.24) is 0 Å². The van der Waals surface area contributed by atoms with Crippen molar-refractivity contribution in [2.75, 3.05) is 14.2 Å². The molecule has 3 nitrogen and oxygen atoms in total. The summed E-state index contributed by atoms with van der Waals surface area (Å²) in [6.45, 7) is 6.13. The first kappa shape index (κ1) is 42.3. The minimum atomic E-state index is 0. The second kappa shape index (κ2) is 22.7. The maximum absolute atomic E-state index is 9.25. The molecule has 3 aromatic rings. The smallest absolute Gasteiger partial charge is 1.00 e. The number of rotatable bonds is 4. The van der Waals surface area contributed by atoms with Gasteiger partial charge in [0.05, 0.1) is 14.2 Å². The number of halogens is 5. The third kappa shape index (κ3) is 18.3. The van der Waals surface area contributed by atoms with Crippen LogP contribution in [0.25, 0.3) is 0 Å². The third-order valence-corrected chi connectivity index (χ3v) is 6.90. The Morgan fingerprint density at radius 3 is 1.74 bits per heavy atom. The van der Waals surface area contributed by atoms with Crippen molar-refractivity contribution in [1.29, 1.82) is 0 Å². The zero-order valence-electron chi connectivity index (χ0n) is 25.1. The van der Waals surface area contributed by atoms with Gasteiger partial charge in [-0.25, -0.2) is 12.8 Å². The van der Waals surface area contributed by atoms with E-state index in [2.05, 4.69) is 101 Å². The van der Waals surface area contributed by atoms with E-state index in [4.69, 9.17) is 9.47 Å². The van der Waals surface area contributed by atoms with Crippen LogP contribution < -0.4 is 26.5 Å². The Morgan fingerprint density at radius 1 is 0.762 bits per heavy atom. The van der Waals surface area contributed by atoms with Crippen LogP contribution in [0, 0.1) is 27.2 Å². The van der Waals surface area contributed by atoms with Crippen LogP contribution in [-0.2, 0) is 0 Å². The van der Waals surface area contributed by atoms with E-state index in [1.807, 2.05) is 38.1 Å². The molecule has 3 saturated carbocycles. The summed E-state index contributed by atoms with van der Waals surface area (Å²) in [5.74, 6) is 3.94. The van der Waals surface area contributed by atoms with Crippen LogP contribution in [-0.4, -0.2) is 45.6 Å². The number of hydrogen-bond donors (Lipinski definition) is 1. The van der Waals surface area contributed by atoms with Gasteiger partial charge in [0.25, 0.3) is 0 Å². The summed E-state index contributed by atoms with van der Waals surface area (Å²) in [6, 6.07) is 18.2. The summed E-state index contributed by atoms with van der Waals surface area (Å²) < 4.78 is 11.6. The van der Waals surface area contributed by atoms with Gasteiger partial charge in [0.15, 0.2) is 0 Å². The summed E-state index contributed by atoms with van der Waals surface area (Å²) in [6.07, 6.45) is 10.4. The van der Waals surface area contributed by atoms with E-state index in [1.165, 1.54) is 55.2 Å². The van der Waals surface area contributed by atoms with Gasteiger partial charge in [0.1, 0.15) is 17.2 Å². The molecule has 0 amide bonds. The topological polar surface area (TPSA) is 38.7 Å². The number of aromatic hydroxyl groups is 1. The van der Waals surface area contributed by atoms with E-state index in [0.717, 1.165) is 38.9 Å². The van der Waals surface area contributed by atoms with E-state index < -0.39 is 0 Å². The predicted molar refractivity (Wildman–Crippen MR) is 192 cm³/mol. The van der Waals surface area contributed by atoms with Crippen molar-refractivity contribution in [3.05, 3.63) is 93.3 Å². The van der Waals surface area contributed by atoms with E-state index in [9.17, 15) is 5.11 Å². The number of aryl methyl sites for hydroxylation is 3. The molecule has 0 unspecified atom stereocenters. The van der Waals surface area contributed by atoms with E-state index >= 15 is 0 Å². The molecule has 3 fully saturated rings. The first-order valence-corrected chi connectivity index (χ1v) is 17.1. The van der Waals surface area contributed by atoms with Crippen molar-refractivity contribution >= 4 is 89.4 Å². The Bertz CT molecular complexity index is 1180. The summed E-state index contributed by atoms with van der Waals surface area (Å²) in [4.78, 5) is 0. The second-order valence-electron chi connectivity index (χ2n) is 10.0. The third-order valence-electron chi connectivity index (χ3n) is 6.41. The van der Waals surface area contributed by atoms with Crippen LogP contribution >= 0.6 is 63.2 Å². The van der Waals surface area contributed by atoms with E-state index in [1.54, 1.807) is 20.3 Å². The van der Waals surface area contributed by atoms with Crippen LogP contribution in [0.2, 0.25) is 0 Å². The Morgan fingerprint density at radius 2 is 1.33 bits per heavy atom. The molecular formula is C32H40BBr5MgO3. The Labute approximate surface area is 313 Å². The quantitative estimate of drug-likeness (QED) is 0.213. The predicted octanol–water partition coefficient (Wildman–Crippen LogP) is 7.99. The molecule has 6 rings (SSSR count). The van der Waals surface area contributed by atoms with Gasteiger partial charge in [-0.05, 0) is 123 Å². The molecule has 0 aliphatic heterocycles. The fraction of sp³-hybridized carbons (Fsp3) is 0.406. The first-order chi connectivity index (χ1) is 19.0. The van der Waals surface area contributed by atoms with Gasteiger partial charge in [-0.2, -0.15) is 0 Å². The average Bonchev–Trinajstić information content (AvgIpc) is 3.75. The van der Waals surface area contributed by atoms with Gasteiger partial charge >= 0.3 is 26.2 Å². The number of ether oxygens (including phenoxy) is 2. The standard InChI is InChI=1S/C11H14O.C10H12O.C8H9BrO.C3H5.BBr3.BrH.Mg/c1-8-7-10(12-2)5-6-11(8)9-3-4-9;1-7-6-9(8-2-3-8)4-5-10(7)11;1-6-5-7(9)3-4-8(6)10-2;1-2-3-1;2-1(3)4;;/h5-7,9H,3-4H2,1-2H3;4-6,8,11H,2-3H2,1H3;3-5H,1-2H3;1H,2-3H2;;1H;/q;;;-1;;;+2/p-1. The minimum Gasteiger partial charge on any atom is -1.00 e. The van der Waals surface area contributed by atoms with Crippen molar-refractivity contribution in [2.24, 2.45) is 0 Å². The molecular weight excluding hydrogens is 867 g/mol. The van der Waals surface area contributed by atoms with E-state index in [-0.39, 0.29) is 43.2 Å². The maximum atomic E-state index is 9.25. The summed E-state index contributed by atoms with van der Waals surface area (Å²) in [7, 11) is 3.39. The molecule has 10 heteroatoms. The van der Waals surface area contributed by atoms with Crippen molar-refractivity contribution in [2.45, 2.75) is 71.1 Å². The first-order valence-electron chi connectivity index (χ1n) is 13.5. The summed E-state index contributed by atoms with van der Waals surface area (Å²) in [5.41, 5.74) is 6.42. The summed E-state index contributed by atoms with van der Waals surface area (Å²) in [5, 5.41) is 9.25. The normalized spacial score (nSPS) is 13.6. The van der Waals surface area contributed by atoms with Crippen molar-refractivity contribution < 1.29 is 31.6 Å². The zero-order chi connectivity index (χ0) is 29.7. The van der Waals surface area contributed by atoms with Gasteiger partial charge in [0.2, 0.25) is 0 Å². The number of methoxy groups -OCH3 is 2. The van der Waals surface area contributed by atoms with Crippen LogP contribution in [0.4, 0.5) is 0 Å². The molecule has 0 heterocycles.